The number of hydrogen-bond donors (Lipinski definition) is 1. The van der Waals surface area contributed by atoms with Crippen molar-refractivity contribution in [1.82, 2.24) is 0 Å². The summed E-state index contributed by atoms with van der Waals surface area (Å²) in [5.74, 6) is 0.942. The molecule has 3 heteroatoms. The summed E-state index contributed by atoms with van der Waals surface area (Å²) in [6.45, 7) is 4.15. The highest BCUT2D eigenvalue weighted by Gasteiger charge is 2.24. The highest BCUT2D eigenvalue weighted by atomic mass is 19.3. The largest absolute Gasteiger partial charge is 0.247 e. The van der Waals surface area contributed by atoms with Gasteiger partial charge in [-0.1, -0.05) is 24.8 Å². The van der Waals surface area contributed by atoms with E-state index >= 15 is 0 Å². The van der Waals surface area contributed by atoms with Crippen LogP contribution in [-0.4, -0.2) is 11.5 Å². The van der Waals surface area contributed by atoms with E-state index in [0.717, 1.165) is 12.8 Å². The van der Waals surface area contributed by atoms with E-state index in [1.165, 1.54) is 6.42 Å². The Morgan fingerprint density at radius 2 is 1.73 bits per heavy atom. The molecule has 0 aromatic heterocycles. The summed E-state index contributed by atoms with van der Waals surface area (Å²) >= 11 is 0. The summed E-state index contributed by atoms with van der Waals surface area (Å²) in [5.41, 5.74) is 0. The van der Waals surface area contributed by atoms with E-state index in [1.807, 2.05) is 6.92 Å². The smallest absolute Gasteiger partial charge is 0.103 e. The van der Waals surface area contributed by atoms with Crippen LogP contribution in [0.1, 0.15) is 33.1 Å². The maximum absolute atomic E-state index is 12.8. The lowest BCUT2D eigenvalue weighted by Gasteiger charge is -2.26. The lowest BCUT2D eigenvalue weighted by molar-refractivity contribution is -0.0441. The Labute approximate surface area is 66.3 Å². The molecule has 1 aliphatic carbocycles. The first-order valence-corrected chi connectivity index (χ1v) is 4.01. The van der Waals surface area contributed by atoms with Crippen LogP contribution >= 0.6 is 0 Å². The average Bonchev–Trinajstić information content (AvgIpc) is 2.02. The summed E-state index contributed by atoms with van der Waals surface area (Å²) in [6.07, 6.45) is 2.58. The molecule has 68 valence electrons. The van der Waals surface area contributed by atoms with Crippen LogP contribution in [0.15, 0.2) is 0 Å². The minimum atomic E-state index is -0.520. The van der Waals surface area contributed by atoms with Gasteiger partial charge in [0.25, 0.3) is 0 Å². The SMILES string of the molecule is CC1CCC(C)C(F)C1.OF. The number of alkyl halides is 1. The van der Waals surface area contributed by atoms with Crippen LogP contribution < -0.4 is 0 Å². The van der Waals surface area contributed by atoms with Gasteiger partial charge in [0, 0.05) is 0 Å². The van der Waals surface area contributed by atoms with Gasteiger partial charge in [0.05, 0.1) is 0 Å². The predicted molar refractivity (Wildman–Crippen MR) is 40.4 cm³/mol. The quantitative estimate of drug-likeness (QED) is 0.586. The van der Waals surface area contributed by atoms with Gasteiger partial charge in [-0.25, -0.2) is 9.70 Å². The van der Waals surface area contributed by atoms with Crippen molar-refractivity contribution in [1.29, 1.82) is 0 Å². The molecule has 0 heterocycles. The van der Waals surface area contributed by atoms with Crippen molar-refractivity contribution in [3.8, 4) is 0 Å². The van der Waals surface area contributed by atoms with Crippen molar-refractivity contribution < 1.29 is 14.2 Å². The van der Waals surface area contributed by atoms with Crippen molar-refractivity contribution in [3.63, 3.8) is 0 Å². The lowest BCUT2D eigenvalue weighted by atomic mass is 9.83. The first-order chi connectivity index (χ1) is 5.20. The van der Waals surface area contributed by atoms with Gasteiger partial charge < -0.3 is 0 Å². The third kappa shape index (κ3) is 3.65. The van der Waals surface area contributed by atoms with Crippen molar-refractivity contribution in [2.24, 2.45) is 11.8 Å². The first kappa shape index (κ1) is 10.8. The van der Waals surface area contributed by atoms with E-state index in [1.54, 1.807) is 0 Å². The Morgan fingerprint density at radius 1 is 1.18 bits per heavy atom. The Hall–Kier alpha value is -0.180. The molecular formula is C8H16F2O. The zero-order valence-corrected chi connectivity index (χ0v) is 7.06. The van der Waals surface area contributed by atoms with Crippen LogP contribution in [0.5, 0.6) is 0 Å². The Bertz CT molecular complexity index is 98.1. The van der Waals surface area contributed by atoms with Crippen LogP contribution in [0.3, 0.4) is 0 Å². The minimum absolute atomic E-state index is 0.321. The number of hydrogen-bond acceptors (Lipinski definition) is 1. The normalized spacial score (nSPS) is 37.4. The van der Waals surface area contributed by atoms with Gasteiger partial charge in [0.1, 0.15) is 6.17 Å². The monoisotopic (exact) mass is 166 g/mol. The van der Waals surface area contributed by atoms with E-state index in [-0.39, 0.29) is 0 Å². The van der Waals surface area contributed by atoms with Gasteiger partial charge in [0.2, 0.25) is 0 Å². The fraction of sp³-hybridized carbons (Fsp3) is 1.00. The van der Waals surface area contributed by atoms with Crippen molar-refractivity contribution in [2.75, 3.05) is 0 Å². The van der Waals surface area contributed by atoms with Gasteiger partial charge in [-0.05, 0) is 24.7 Å². The van der Waals surface area contributed by atoms with E-state index in [9.17, 15) is 4.39 Å². The highest BCUT2D eigenvalue weighted by molar-refractivity contribution is 4.74. The predicted octanol–water partition coefficient (Wildman–Crippen LogP) is 2.64. The van der Waals surface area contributed by atoms with Gasteiger partial charge in [-0.2, -0.15) is 0 Å². The third-order valence-electron chi connectivity index (χ3n) is 2.36. The van der Waals surface area contributed by atoms with Crippen molar-refractivity contribution in [3.05, 3.63) is 0 Å². The molecule has 1 nitrogen and oxygen atoms in total. The molecule has 3 atom stereocenters. The maximum Gasteiger partial charge on any atom is 0.103 e. The molecule has 0 aliphatic heterocycles. The van der Waals surface area contributed by atoms with E-state index in [4.69, 9.17) is 9.84 Å². The molecule has 1 saturated carbocycles. The summed E-state index contributed by atoms with van der Waals surface area (Å²) in [6, 6.07) is 0. The second-order valence-corrected chi connectivity index (χ2v) is 3.41. The number of halogens is 2. The molecule has 0 amide bonds. The van der Waals surface area contributed by atoms with Crippen LogP contribution in [0.4, 0.5) is 8.92 Å². The maximum atomic E-state index is 12.8. The molecule has 1 N–H and O–H groups in total. The first-order valence-electron chi connectivity index (χ1n) is 4.01. The molecule has 1 fully saturated rings. The van der Waals surface area contributed by atoms with Gasteiger partial charge in [-0.15, -0.1) is 0 Å². The Balaban J connectivity index is 0.000000461. The van der Waals surface area contributed by atoms with Crippen LogP contribution in [0.2, 0.25) is 0 Å². The third-order valence-corrected chi connectivity index (χ3v) is 2.36. The zero-order valence-electron chi connectivity index (χ0n) is 7.06. The molecular weight excluding hydrogens is 150 g/mol. The highest BCUT2D eigenvalue weighted by Crippen LogP contribution is 2.30. The number of rotatable bonds is 0. The fourth-order valence-corrected chi connectivity index (χ4v) is 1.46. The summed E-state index contributed by atoms with van der Waals surface area (Å²) in [5, 5.41) is 5.50. The fourth-order valence-electron chi connectivity index (χ4n) is 1.46. The lowest BCUT2D eigenvalue weighted by Crippen LogP contribution is -2.22. The van der Waals surface area contributed by atoms with E-state index < -0.39 is 6.17 Å². The topological polar surface area (TPSA) is 20.2 Å². The van der Waals surface area contributed by atoms with Gasteiger partial charge in [0.15, 0.2) is 0 Å². The molecule has 0 radical (unpaired) electrons. The van der Waals surface area contributed by atoms with E-state index in [2.05, 4.69) is 6.92 Å². The molecule has 0 aromatic rings. The second kappa shape index (κ2) is 5.47. The van der Waals surface area contributed by atoms with Gasteiger partial charge >= 0.3 is 0 Å². The second-order valence-electron chi connectivity index (χ2n) is 3.41. The molecule has 0 aromatic carbocycles. The summed E-state index contributed by atoms with van der Waals surface area (Å²) in [7, 11) is 0. The standard InChI is InChI=1S/C8H15F.FHO/c1-6-3-4-7(2)8(9)5-6;1-2/h6-8H,3-5H2,1-2H3;2H. The minimum Gasteiger partial charge on any atom is -0.247 e. The molecule has 0 bridgehead atoms. The molecule has 0 saturated heterocycles. The molecule has 3 unspecified atom stereocenters. The Kier molecular flexibility index (Phi) is 5.38. The molecule has 11 heavy (non-hydrogen) atoms. The van der Waals surface area contributed by atoms with Crippen LogP contribution in [0.25, 0.3) is 0 Å². The van der Waals surface area contributed by atoms with Gasteiger partial charge in [-0.3, -0.25) is 0 Å². The van der Waals surface area contributed by atoms with Crippen LogP contribution in [-0.2, 0) is 0 Å². The van der Waals surface area contributed by atoms with Crippen molar-refractivity contribution >= 4 is 0 Å². The zero-order chi connectivity index (χ0) is 8.85. The summed E-state index contributed by atoms with van der Waals surface area (Å²) < 4.78 is 21.3. The molecule has 1 rings (SSSR count). The Morgan fingerprint density at radius 3 is 2.09 bits per heavy atom. The summed E-state index contributed by atoms with van der Waals surface area (Å²) in [4.78, 5) is 0. The average molecular weight is 166 g/mol. The van der Waals surface area contributed by atoms with Crippen LogP contribution in [0, 0.1) is 11.8 Å². The van der Waals surface area contributed by atoms with Crippen molar-refractivity contribution in [2.45, 2.75) is 39.3 Å². The molecule has 0 spiro atoms. The van der Waals surface area contributed by atoms with E-state index in [0.29, 0.717) is 11.8 Å². The molecule has 1 aliphatic rings.